The van der Waals surface area contributed by atoms with Crippen molar-refractivity contribution in [3.05, 3.63) is 0 Å². The van der Waals surface area contributed by atoms with Crippen molar-refractivity contribution in [2.75, 3.05) is 0 Å². The van der Waals surface area contributed by atoms with Crippen molar-refractivity contribution in [3.8, 4) is 0 Å². The van der Waals surface area contributed by atoms with Gasteiger partial charge in [0, 0.05) is 0 Å². The Labute approximate surface area is 99.4 Å². The van der Waals surface area contributed by atoms with E-state index < -0.39 is 5.97 Å². The number of hydrogen-bond acceptors (Lipinski definition) is 1. The largest absolute Gasteiger partial charge is 0.481 e. The van der Waals surface area contributed by atoms with E-state index >= 15 is 0 Å². The first kappa shape index (κ1) is 13.5. The normalized spacial score (nSPS) is 18.1. The molecule has 0 radical (unpaired) electrons. The minimum Gasteiger partial charge on any atom is -0.481 e. The lowest BCUT2D eigenvalue weighted by atomic mass is 9.74. The third-order valence-electron chi connectivity index (χ3n) is 3.90. The molecule has 0 saturated heterocycles. The van der Waals surface area contributed by atoms with Crippen LogP contribution in [0.4, 0.5) is 0 Å². The van der Waals surface area contributed by atoms with Gasteiger partial charge in [0.2, 0.25) is 0 Å². The van der Waals surface area contributed by atoms with Crippen LogP contribution in [0.5, 0.6) is 0 Å². The van der Waals surface area contributed by atoms with Crippen LogP contribution in [0.25, 0.3) is 0 Å². The average Bonchev–Trinajstić information content (AvgIpc) is 2.18. The van der Waals surface area contributed by atoms with Gasteiger partial charge in [0.25, 0.3) is 0 Å². The Kier molecular flexibility index (Phi) is 6.51. The Morgan fingerprint density at radius 1 is 1.19 bits per heavy atom. The first-order valence-electron chi connectivity index (χ1n) is 6.98. The summed E-state index contributed by atoms with van der Waals surface area (Å²) in [5, 5.41) is 9.15. The van der Waals surface area contributed by atoms with Crippen LogP contribution in [0.2, 0.25) is 0 Å². The fraction of sp³-hybridized carbons (Fsp3) is 0.929. The summed E-state index contributed by atoms with van der Waals surface area (Å²) >= 11 is 0. The highest BCUT2D eigenvalue weighted by Gasteiger charge is 2.31. The highest BCUT2D eigenvalue weighted by Crippen LogP contribution is 2.36. The fourth-order valence-electron chi connectivity index (χ4n) is 2.55. The lowest BCUT2D eigenvalue weighted by molar-refractivity contribution is -0.145. The Morgan fingerprint density at radius 3 is 2.31 bits per heavy atom. The molecule has 1 N–H and O–H groups in total. The van der Waals surface area contributed by atoms with Crippen molar-refractivity contribution in [2.45, 2.75) is 71.1 Å². The number of aliphatic carboxylic acids is 1. The zero-order valence-electron chi connectivity index (χ0n) is 10.6. The summed E-state index contributed by atoms with van der Waals surface area (Å²) in [5.74, 6) is -0.105. The maximum Gasteiger partial charge on any atom is 0.306 e. The molecular formula is C14H26O2. The minimum absolute atomic E-state index is 0.0417. The van der Waals surface area contributed by atoms with Crippen LogP contribution >= 0.6 is 0 Å². The third kappa shape index (κ3) is 4.54. The van der Waals surface area contributed by atoms with Gasteiger partial charge in [0.1, 0.15) is 0 Å². The smallest absolute Gasteiger partial charge is 0.306 e. The quantitative estimate of drug-likeness (QED) is 0.597. The van der Waals surface area contributed by atoms with Crippen LogP contribution in [0.3, 0.4) is 0 Å². The lowest BCUT2D eigenvalue weighted by Gasteiger charge is -2.31. The number of carbonyl (C=O) groups is 1. The highest BCUT2D eigenvalue weighted by molar-refractivity contribution is 5.70. The van der Waals surface area contributed by atoms with Gasteiger partial charge in [-0.25, -0.2) is 0 Å². The maximum absolute atomic E-state index is 11.1. The molecule has 0 amide bonds. The Morgan fingerprint density at radius 2 is 1.81 bits per heavy atom. The van der Waals surface area contributed by atoms with Crippen molar-refractivity contribution in [2.24, 2.45) is 11.8 Å². The van der Waals surface area contributed by atoms with Gasteiger partial charge >= 0.3 is 5.97 Å². The number of rotatable bonds is 9. The zero-order chi connectivity index (χ0) is 11.8. The van der Waals surface area contributed by atoms with Crippen LogP contribution < -0.4 is 0 Å². The van der Waals surface area contributed by atoms with Crippen LogP contribution in [0.15, 0.2) is 0 Å². The summed E-state index contributed by atoms with van der Waals surface area (Å²) in [7, 11) is 0. The molecule has 1 atom stereocenters. The molecule has 1 aliphatic carbocycles. The second kappa shape index (κ2) is 7.70. The summed E-state index contributed by atoms with van der Waals surface area (Å²) in [6, 6.07) is 0. The number of carboxylic acid groups (broad SMARTS) is 1. The van der Waals surface area contributed by atoms with E-state index in [1.165, 1.54) is 38.5 Å². The van der Waals surface area contributed by atoms with E-state index in [4.69, 9.17) is 5.11 Å². The Bertz CT molecular complexity index is 197. The van der Waals surface area contributed by atoms with E-state index in [-0.39, 0.29) is 5.92 Å². The number of hydrogen-bond donors (Lipinski definition) is 1. The van der Waals surface area contributed by atoms with Crippen LogP contribution in [0.1, 0.15) is 71.1 Å². The van der Waals surface area contributed by atoms with E-state index in [0.717, 1.165) is 25.7 Å². The molecule has 2 heteroatoms. The van der Waals surface area contributed by atoms with Gasteiger partial charge in [-0.2, -0.15) is 0 Å². The zero-order valence-corrected chi connectivity index (χ0v) is 10.6. The van der Waals surface area contributed by atoms with Crippen LogP contribution in [-0.4, -0.2) is 11.1 Å². The van der Waals surface area contributed by atoms with Gasteiger partial charge in [-0.15, -0.1) is 0 Å². The summed E-state index contributed by atoms with van der Waals surface area (Å²) in [6.07, 6.45) is 12.0. The first-order chi connectivity index (χ1) is 7.75. The van der Waals surface area contributed by atoms with E-state index in [0.29, 0.717) is 5.92 Å². The molecule has 0 bridgehead atoms. The first-order valence-corrected chi connectivity index (χ1v) is 6.98. The maximum atomic E-state index is 11.1. The molecule has 0 spiro atoms. The molecule has 1 unspecified atom stereocenters. The van der Waals surface area contributed by atoms with Crippen molar-refractivity contribution >= 4 is 5.97 Å². The third-order valence-corrected chi connectivity index (χ3v) is 3.90. The van der Waals surface area contributed by atoms with E-state index in [2.05, 4.69) is 6.92 Å². The molecule has 0 aromatic heterocycles. The summed E-state index contributed by atoms with van der Waals surface area (Å²) in [4.78, 5) is 11.1. The monoisotopic (exact) mass is 226 g/mol. The predicted molar refractivity (Wildman–Crippen MR) is 66.5 cm³/mol. The molecule has 2 nitrogen and oxygen atoms in total. The molecule has 0 aromatic rings. The van der Waals surface area contributed by atoms with Crippen molar-refractivity contribution < 1.29 is 9.90 Å². The predicted octanol–water partition coefficient (Wildman–Crippen LogP) is 4.24. The molecule has 0 aliphatic heterocycles. The lowest BCUT2D eigenvalue weighted by Crippen LogP contribution is -2.28. The van der Waals surface area contributed by atoms with Crippen molar-refractivity contribution in [1.82, 2.24) is 0 Å². The second-order valence-electron chi connectivity index (χ2n) is 5.19. The minimum atomic E-state index is -0.557. The van der Waals surface area contributed by atoms with Crippen LogP contribution in [-0.2, 0) is 4.79 Å². The van der Waals surface area contributed by atoms with Crippen LogP contribution in [0, 0.1) is 11.8 Å². The van der Waals surface area contributed by atoms with Gasteiger partial charge in [-0.05, 0) is 25.2 Å². The summed E-state index contributed by atoms with van der Waals surface area (Å²) in [5.41, 5.74) is 0. The molecular weight excluding hydrogens is 200 g/mol. The molecule has 0 aromatic carbocycles. The van der Waals surface area contributed by atoms with Crippen molar-refractivity contribution in [1.29, 1.82) is 0 Å². The Balaban J connectivity index is 2.06. The number of unbranched alkanes of at least 4 members (excludes halogenated alkanes) is 5. The van der Waals surface area contributed by atoms with E-state index in [9.17, 15) is 4.79 Å². The van der Waals surface area contributed by atoms with Gasteiger partial charge in [-0.1, -0.05) is 51.9 Å². The molecule has 1 fully saturated rings. The molecule has 16 heavy (non-hydrogen) atoms. The van der Waals surface area contributed by atoms with E-state index in [1.54, 1.807) is 0 Å². The highest BCUT2D eigenvalue weighted by atomic mass is 16.4. The summed E-state index contributed by atoms with van der Waals surface area (Å²) < 4.78 is 0. The molecule has 0 heterocycles. The molecule has 1 aliphatic rings. The van der Waals surface area contributed by atoms with Crippen molar-refractivity contribution in [3.63, 3.8) is 0 Å². The van der Waals surface area contributed by atoms with E-state index in [1.807, 2.05) is 0 Å². The van der Waals surface area contributed by atoms with Gasteiger partial charge in [-0.3, -0.25) is 4.79 Å². The molecule has 94 valence electrons. The van der Waals surface area contributed by atoms with Gasteiger partial charge < -0.3 is 5.11 Å². The molecule has 1 saturated carbocycles. The molecule has 1 rings (SSSR count). The fourth-order valence-corrected chi connectivity index (χ4v) is 2.55. The SMILES string of the molecule is CCCCCCCCC(C(=O)O)C1CCC1. The standard InChI is InChI=1S/C14H26O2/c1-2-3-4-5-6-7-11-13(14(15)16)12-9-8-10-12/h12-13H,2-11H2,1H3,(H,15,16). The Hall–Kier alpha value is -0.530. The second-order valence-corrected chi connectivity index (χ2v) is 5.19. The topological polar surface area (TPSA) is 37.3 Å². The van der Waals surface area contributed by atoms with Gasteiger partial charge in [0.15, 0.2) is 0 Å². The summed E-state index contributed by atoms with van der Waals surface area (Å²) in [6.45, 7) is 2.22. The van der Waals surface area contributed by atoms with Gasteiger partial charge in [0.05, 0.1) is 5.92 Å². The average molecular weight is 226 g/mol. The number of carboxylic acids is 1.